The Hall–Kier alpha value is -2.22. The van der Waals surface area contributed by atoms with E-state index in [0.29, 0.717) is 0 Å². The van der Waals surface area contributed by atoms with Crippen LogP contribution in [0.5, 0.6) is 0 Å². The highest BCUT2D eigenvalue weighted by Gasteiger charge is 2.41. The molecular weight excluding hydrogens is 336 g/mol. The predicted octanol–water partition coefficient (Wildman–Crippen LogP) is 1.46. The number of ether oxygens (including phenoxy) is 1. The van der Waals surface area contributed by atoms with Crippen LogP contribution in [0.3, 0.4) is 0 Å². The lowest BCUT2D eigenvalue weighted by atomic mass is 9.92. The number of rotatable bonds is 6. The number of Topliss-reactive ketones (excluding diaryl/α,β-unsaturated/α-hetero) is 1. The van der Waals surface area contributed by atoms with Gasteiger partial charge in [-0.05, 0) is 38.1 Å². The first-order valence-corrected chi connectivity index (χ1v) is 8.97. The smallest absolute Gasteiger partial charge is 0.306 e. The van der Waals surface area contributed by atoms with E-state index >= 15 is 0 Å². The molecule has 130 valence electrons. The summed E-state index contributed by atoms with van der Waals surface area (Å²) in [6, 6.07) is 5.35. The Morgan fingerprint density at radius 2 is 1.83 bits per heavy atom. The van der Waals surface area contributed by atoms with Crippen molar-refractivity contribution < 1.29 is 32.6 Å². The average molecular weight is 354 g/mol. The molecule has 1 saturated heterocycles. The molecule has 0 radical (unpaired) electrons. The molecule has 1 aromatic carbocycles. The van der Waals surface area contributed by atoms with Crippen LogP contribution in [-0.4, -0.2) is 42.6 Å². The summed E-state index contributed by atoms with van der Waals surface area (Å²) in [6.45, 7) is 3.12. The molecule has 1 N–H and O–H groups in total. The molecule has 0 unspecified atom stereocenters. The van der Waals surface area contributed by atoms with Gasteiger partial charge in [0, 0.05) is 11.5 Å². The molecular formula is C16H18O7S. The molecule has 7 nitrogen and oxygen atoms in total. The molecule has 0 bridgehead atoms. The van der Waals surface area contributed by atoms with Gasteiger partial charge in [0.05, 0.1) is 23.0 Å². The minimum absolute atomic E-state index is 0.0968. The topological polar surface area (TPSA) is 115 Å². The summed E-state index contributed by atoms with van der Waals surface area (Å²) in [6.07, 6.45) is -1.62. The maximum absolute atomic E-state index is 12.5. The van der Waals surface area contributed by atoms with E-state index in [1.165, 1.54) is 24.3 Å². The van der Waals surface area contributed by atoms with Crippen molar-refractivity contribution in [3.05, 3.63) is 29.8 Å². The van der Waals surface area contributed by atoms with Crippen LogP contribution in [0.15, 0.2) is 29.2 Å². The van der Waals surface area contributed by atoms with Crippen molar-refractivity contribution in [3.8, 4) is 0 Å². The average Bonchev–Trinajstić information content (AvgIpc) is 2.86. The van der Waals surface area contributed by atoms with Gasteiger partial charge in [0.25, 0.3) is 0 Å². The minimum Gasteiger partial charge on any atom is -0.481 e. The van der Waals surface area contributed by atoms with Crippen molar-refractivity contribution in [3.63, 3.8) is 0 Å². The zero-order valence-electron chi connectivity index (χ0n) is 13.3. The number of carbonyl (C=O) groups is 3. The lowest BCUT2D eigenvalue weighted by Crippen LogP contribution is -2.28. The van der Waals surface area contributed by atoms with Crippen LogP contribution in [0.25, 0.3) is 0 Å². The standard InChI is InChI=1S/C16H18O7S/c1-9(2)24(21,22)12-5-3-10(4-6-12)15(20)16-11(7-13(17)18)8-14(19)23-16/h3-6,9,11,16H,7-8H2,1-2H3,(H,17,18)/t11-,16-/m0/s1. The van der Waals surface area contributed by atoms with Crippen LogP contribution in [-0.2, 0) is 24.2 Å². The maximum atomic E-state index is 12.5. The first-order valence-electron chi connectivity index (χ1n) is 7.42. The summed E-state index contributed by atoms with van der Waals surface area (Å²) in [7, 11) is -3.45. The Morgan fingerprint density at radius 3 is 2.33 bits per heavy atom. The Kier molecular flexibility index (Phi) is 5.08. The van der Waals surface area contributed by atoms with Gasteiger partial charge in [0.15, 0.2) is 15.9 Å². The minimum atomic E-state index is -3.45. The third-order valence-electron chi connectivity index (χ3n) is 3.90. The monoisotopic (exact) mass is 354 g/mol. The quantitative estimate of drug-likeness (QED) is 0.607. The third-order valence-corrected chi connectivity index (χ3v) is 6.07. The fourth-order valence-corrected chi connectivity index (χ4v) is 3.58. The highest BCUT2D eigenvalue weighted by molar-refractivity contribution is 7.92. The first kappa shape index (κ1) is 18.1. The molecule has 24 heavy (non-hydrogen) atoms. The highest BCUT2D eigenvalue weighted by Crippen LogP contribution is 2.28. The number of carbonyl (C=O) groups excluding carboxylic acids is 2. The molecule has 1 heterocycles. The number of hydrogen-bond donors (Lipinski definition) is 1. The van der Waals surface area contributed by atoms with Crippen molar-refractivity contribution in [2.75, 3.05) is 0 Å². The maximum Gasteiger partial charge on any atom is 0.306 e. The normalized spacial score (nSPS) is 20.9. The number of carboxylic acid groups (broad SMARTS) is 1. The van der Waals surface area contributed by atoms with Gasteiger partial charge in [-0.1, -0.05) is 0 Å². The Bertz CT molecular complexity index is 762. The molecule has 0 saturated carbocycles. The molecule has 2 rings (SSSR count). The van der Waals surface area contributed by atoms with Gasteiger partial charge < -0.3 is 9.84 Å². The Labute approximate surface area is 139 Å². The fourth-order valence-electron chi connectivity index (χ4n) is 2.52. The number of sulfone groups is 1. The van der Waals surface area contributed by atoms with Gasteiger partial charge in [-0.15, -0.1) is 0 Å². The fraction of sp³-hybridized carbons (Fsp3) is 0.438. The van der Waals surface area contributed by atoms with Crippen molar-refractivity contribution >= 4 is 27.6 Å². The summed E-state index contributed by atoms with van der Waals surface area (Å²) in [4.78, 5) is 34.8. The molecule has 0 spiro atoms. The SMILES string of the molecule is CC(C)S(=O)(=O)c1ccc(C(=O)[C@H]2OC(=O)C[C@@H]2CC(=O)O)cc1. The number of benzene rings is 1. The number of cyclic esters (lactones) is 1. The second kappa shape index (κ2) is 6.72. The summed E-state index contributed by atoms with van der Waals surface area (Å²) >= 11 is 0. The number of ketones is 1. The molecule has 2 atom stereocenters. The molecule has 1 aliphatic heterocycles. The Balaban J connectivity index is 2.24. The van der Waals surface area contributed by atoms with E-state index in [9.17, 15) is 22.8 Å². The Morgan fingerprint density at radius 1 is 1.25 bits per heavy atom. The zero-order valence-corrected chi connectivity index (χ0v) is 14.1. The highest BCUT2D eigenvalue weighted by atomic mass is 32.2. The van der Waals surface area contributed by atoms with Crippen LogP contribution in [0, 0.1) is 5.92 Å². The first-order chi connectivity index (χ1) is 11.1. The van der Waals surface area contributed by atoms with Crippen LogP contribution in [0.2, 0.25) is 0 Å². The van der Waals surface area contributed by atoms with Gasteiger partial charge in [0.1, 0.15) is 0 Å². The lowest BCUT2D eigenvalue weighted by Gasteiger charge is -2.15. The van der Waals surface area contributed by atoms with Crippen molar-refractivity contribution in [2.45, 2.75) is 42.9 Å². The van der Waals surface area contributed by atoms with Crippen LogP contribution < -0.4 is 0 Å². The molecule has 1 aliphatic rings. The number of esters is 1. The van der Waals surface area contributed by atoms with E-state index in [1.54, 1.807) is 13.8 Å². The van der Waals surface area contributed by atoms with E-state index in [0.717, 1.165) is 0 Å². The lowest BCUT2D eigenvalue weighted by molar-refractivity contribution is -0.141. The molecule has 8 heteroatoms. The second-order valence-corrected chi connectivity index (χ2v) is 8.46. The summed E-state index contributed by atoms with van der Waals surface area (Å²) < 4.78 is 29.1. The van der Waals surface area contributed by atoms with E-state index in [1.807, 2.05) is 0 Å². The van der Waals surface area contributed by atoms with Crippen molar-refractivity contribution in [1.29, 1.82) is 0 Å². The third kappa shape index (κ3) is 3.64. The predicted molar refractivity (Wildman–Crippen MR) is 83.3 cm³/mol. The van der Waals surface area contributed by atoms with Gasteiger partial charge in [-0.2, -0.15) is 0 Å². The number of aliphatic carboxylic acids is 1. The van der Waals surface area contributed by atoms with E-state index in [4.69, 9.17) is 9.84 Å². The van der Waals surface area contributed by atoms with E-state index < -0.39 is 44.8 Å². The van der Waals surface area contributed by atoms with Crippen molar-refractivity contribution in [2.24, 2.45) is 5.92 Å². The van der Waals surface area contributed by atoms with Gasteiger partial charge in [-0.3, -0.25) is 14.4 Å². The largest absolute Gasteiger partial charge is 0.481 e. The van der Waals surface area contributed by atoms with Crippen LogP contribution in [0.1, 0.15) is 37.0 Å². The molecule has 0 aliphatic carbocycles. The summed E-state index contributed by atoms with van der Waals surface area (Å²) in [5.74, 6) is -2.98. The van der Waals surface area contributed by atoms with E-state index in [2.05, 4.69) is 0 Å². The van der Waals surface area contributed by atoms with E-state index in [-0.39, 0.29) is 23.3 Å². The molecule has 0 amide bonds. The number of carboxylic acids is 1. The zero-order chi connectivity index (χ0) is 18.1. The van der Waals surface area contributed by atoms with Crippen LogP contribution >= 0.6 is 0 Å². The van der Waals surface area contributed by atoms with Gasteiger partial charge >= 0.3 is 11.9 Å². The van der Waals surface area contributed by atoms with Crippen molar-refractivity contribution in [1.82, 2.24) is 0 Å². The summed E-state index contributed by atoms with van der Waals surface area (Å²) in [5.41, 5.74) is 0.174. The van der Waals surface area contributed by atoms with Crippen LogP contribution in [0.4, 0.5) is 0 Å². The van der Waals surface area contributed by atoms with Gasteiger partial charge in [-0.25, -0.2) is 8.42 Å². The molecule has 1 aromatic rings. The second-order valence-electron chi connectivity index (χ2n) is 5.95. The number of hydrogen-bond acceptors (Lipinski definition) is 6. The summed E-state index contributed by atoms with van der Waals surface area (Å²) in [5, 5.41) is 8.28. The molecule has 1 fully saturated rings. The van der Waals surface area contributed by atoms with Gasteiger partial charge in [0.2, 0.25) is 5.78 Å². The molecule has 0 aromatic heterocycles.